The van der Waals surface area contributed by atoms with Gasteiger partial charge in [0.05, 0.1) is 6.10 Å². The fourth-order valence-corrected chi connectivity index (χ4v) is 1.34. The maximum Gasteiger partial charge on any atom is 0.150 e. The summed E-state index contributed by atoms with van der Waals surface area (Å²) in [5, 5.41) is 0. The number of aldehydes is 1. The highest BCUT2D eigenvalue weighted by Gasteiger charge is 2.18. The SMILES string of the molecule is O=Cc1cccc(OC2CCC2)c1. The summed E-state index contributed by atoms with van der Waals surface area (Å²) in [4.78, 5) is 10.5. The van der Waals surface area contributed by atoms with E-state index >= 15 is 0 Å². The summed E-state index contributed by atoms with van der Waals surface area (Å²) in [6.45, 7) is 0. The molecule has 0 atom stereocenters. The normalized spacial score (nSPS) is 16.3. The lowest BCUT2D eigenvalue weighted by Gasteiger charge is -2.26. The molecule has 1 aromatic carbocycles. The van der Waals surface area contributed by atoms with Crippen LogP contribution >= 0.6 is 0 Å². The number of ether oxygens (including phenoxy) is 1. The molecule has 0 bridgehead atoms. The van der Waals surface area contributed by atoms with E-state index in [1.54, 1.807) is 12.1 Å². The first kappa shape index (κ1) is 8.30. The van der Waals surface area contributed by atoms with Crippen molar-refractivity contribution >= 4 is 6.29 Å². The van der Waals surface area contributed by atoms with Crippen molar-refractivity contribution in [2.45, 2.75) is 25.4 Å². The van der Waals surface area contributed by atoms with Crippen molar-refractivity contribution < 1.29 is 9.53 Å². The number of carbonyl (C=O) groups is 1. The molecule has 1 fully saturated rings. The molecule has 68 valence electrons. The largest absolute Gasteiger partial charge is 0.490 e. The van der Waals surface area contributed by atoms with Crippen molar-refractivity contribution in [2.75, 3.05) is 0 Å². The van der Waals surface area contributed by atoms with E-state index in [0.717, 1.165) is 24.9 Å². The summed E-state index contributed by atoms with van der Waals surface area (Å²) in [6.07, 6.45) is 4.77. The van der Waals surface area contributed by atoms with Crippen LogP contribution in [0.5, 0.6) is 5.75 Å². The van der Waals surface area contributed by atoms with Crippen molar-refractivity contribution in [2.24, 2.45) is 0 Å². The van der Waals surface area contributed by atoms with Gasteiger partial charge in [-0.25, -0.2) is 0 Å². The molecule has 2 nitrogen and oxygen atoms in total. The van der Waals surface area contributed by atoms with Crippen LogP contribution in [0.2, 0.25) is 0 Å². The summed E-state index contributed by atoms with van der Waals surface area (Å²) < 4.78 is 5.63. The summed E-state index contributed by atoms with van der Waals surface area (Å²) in [5.41, 5.74) is 0.678. The van der Waals surface area contributed by atoms with Crippen LogP contribution in [0.25, 0.3) is 0 Å². The van der Waals surface area contributed by atoms with E-state index in [1.165, 1.54) is 6.42 Å². The fourth-order valence-electron chi connectivity index (χ4n) is 1.34. The lowest BCUT2D eigenvalue weighted by molar-refractivity contribution is 0.111. The minimum Gasteiger partial charge on any atom is -0.490 e. The Bertz CT molecular complexity index is 303. The van der Waals surface area contributed by atoms with Crippen molar-refractivity contribution in [1.29, 1.82) is 0 Å². The molecular formula is C11H12O2. The molecule has 2 heteroatoms. The Kier molecular flexibility index (Phi) is 2.30. The van der Waals surface area contributed by atoms with Crippen LogP contribution in [0.1, 0.15) is 29.6 Å². The molecule has 13 heavy (non-hydrogen) atoms. The number of rotatable bonds is 3. The summed E-state index contributed by atoms with van der Waals surface area (Å²) in [7, 11) is 0. The van der Waals surface area contributed by atoms with Crippen LogP contribution in [0.4, 0.5) is 0 Å². The molecule has 0 spiro atoms. The Morgan fingerprint density at radius 3 is 2.85 bits per heavy atom. The molecule has 0 heterocycles. The predicted molar refractivity (Wildman–Crippen MR) is 50.1 cm³/mol. The molecule has 0 radical (unpaired) electrons. The molecule has 0 unspecified atom stereocenters. The Balaban J connectivity index is 2.05. The first-order valence-corrected chi connectivity index (χ1v) is 4.60. The monoisotopic (exact) mass is 176 g/mol. The molecular weight excluding hydrogens is 164 g/mol. The molecule has 1 saturated carbocycles. The van der Waals surface area contributed by atoms with Gasteiger partial charge in [-0.05, 0) is 31.4 Å². The number of carbonyl (C=O) groups excluding carboxylic acids is 1. The molecule has 1 aromatic rings. The Morgan fingerprint density at radius 1 is 1.38 bits per heavy atom. The van der Waals surface area contributed by atoms with Crippen molar-refractivity contribution in [3.8, 4) is 5.75 Å². The molecule has 2 rings (SSSR count). The maximum atomic E-state index is 10.5. The second-order valence-corrected chi connectivity index (χ2v) is 3.36. The van der Waals surface area contributed by atoms with Gasteiger partial charge in [-0.2, -0.15) is 0 Å². The zero-order valence-corrected chi connectivity index (χ0v) is 7.40. The van der Waals surface area contributed by atoms with E-state index in [9.17, 15) is 4.79 Å². The van der Waals surface area contributed by atoms with E-state index in [1.807, 2.05) is 12.1 Å². The molecule has 0 N–H and O–H groups in total. The maximum absolute atomic E-state index is 10.5. The van der Waals surface area contributed by atoms with Gasteiger partial charge in [0.15, 0.2) is 0 Å². The van der Waals surface area contributed by atoms with Gasteiger partial charge >= 0.3 is 0 Å². The molecule has 0 amide bonds. The molecule has 1 aliphatic rings. The summed E-state index contributed by atoms with van der Waals surface area (Å²) in [6, 6.07) is 7.30. The molecule has 1 aliphatic carbocycles. The lowest BCUT2D eigenvalue weighted by atomic mass is 9.96. The second-order valence-electron chi connectivity index (χ2n) is 3.36. The standard InChI is InChI=1S/C11H12O2/c12-8-9-3-1-6-11(7-9)13-10-4-2-5-10/h1,3,6-8,10H,2,4-5H2. The average Bonchev–Trinajstić information content (AvgIpc) is 2.12. The van der Waals surface area contributed by atoms with Gasteiger partial charge in [0.1, 0.15) is 12.0 Å². The Morgan fingerprint density at radius 2 is 2.23 bits per heavy atom. The van der Waals surface area contributed by atoms with E-state index in [-0.39, 0.29) is 0 Å². The van der Waals surface area contributed by atoms with Crippen LogP contribution in [0.15, 0.2) is 24.3 Å². The topological polar surface area (TPSA) is 26.3 Å². The highest BCUT2D eigenvalue weighted by atomic mass is 16.5. The highest BCUT2D eigenvalue weighted by molar-refractivity contribution is 5.75. The minimum absolute atomic E-state index is 0.377. The third kappa shape index (κ3) is 1.89. The first-order valence-electron chi connectivity index (χ1n) is 4.60. The smallest absolute Gasteiger partial charge is 0.150 e. The zero-order valence-electron chi connectivity index (χ0n) is 7.40. The second kappa shape index (κ2) is 3.60. The third-order valence-corrected chi connectivity index (χ3v) is 2.35. The Hall–Kier alpha value is -1.31. The third-order valence-electron chi connectivity index (χ3n) is 2.35. The average molecular weight is 176 g/mol. The van der Waals surface area contributed by atoms with Crippen LogP contribution in [0.3, 0.4) is 0 Å². The van der Waals surface area contributed by atoms with Gasteiger partial charge in [0.25, 0.3) is 0 Å². The van der Waals surface area contributed by atoms with Crippen molar-refractivity contribution in [1.82, 2.24) is 0 Å². The van der Waals surface area contributed by atoms with Gasteiger partial charge in [-0.3, -0.25) is 4.79 Å². The van der Waals surface area contributed by atoms with E-state index in [2.05, 4.69) is 0 Å². The number of hydrogen-bond donors (Lipinski definition) is 0. The lowest BCUT2D eigenvalue weighted by Crippen LogP contribution is -2.24. The molecule has 0 aliphatic heterocycles. The van der Waals surface area contributed by atoms with Gasteiger partial charge in [0, 0.05) is 5.56 Å². The van der Waals surface area contributed by atoms with Crippen LogP contribution in [-0.4, -0.2) is 12.4 Å². The predicted octanol–water partition coefficient (Wildman–Crippen LogP) is 2.43. The number of hydrogen-bond acceptors (Lipinski definition) is 2. The quantitative estimate of drug-likeness (QED) is 0.661. The van der Waals surface area contributed by atoms with E-state index in [0.29, 0.717) is 11.7 Å². The van der Waals surface area contributed by atoms with Gasteiger partial charge in [-0.1, -0.05) is 12.1 Å². The van der Waals surface area contributed by atoms with E-state index in [4.69, 9.17) is 4.74 Å². The molecule has 0 saturated heterocycles. The van der Waals surface area contributed by atoms with Crippen LogP contribution in [-0.2, 0) is 0 Å². The summed E-state index contributed by atoms with van der Waals surface area (Å²) >= 11 is 0. The Labute approximate surface area is 77.5 Å². The van der Waals surface area contributed by atoms with Gasteiger partial charge < -0.3 is 4.74 Å². The van der Waals surface area contributed by atoms with Crippen LogP contribution in [0, 0.1) is 0 Å². The highest BCUT2D eigenvalue weighted by Crippen LogP contribution is 2.25. The van der Waals surface area contributed by atoms with Crippen molar-refractivity contribution in [3.63, 3.8) is 0 Å². The molecule has 0 aromatic heterocycles. The zero-order chi connectivity index (χ0) is 9.10. The van der Waals surface area contributed by atoms with Crippen molar-refractivity contribution in [3.05, 3.63) is 29.8 Å². The first-order chi connectivity index (χ1) is 6.38. The fraction of sp³-hybridized carbons (Fsp3) is 0.364. The minimum atomic E-state index is 0.377. The van der Waals surface area contributed by atoms with Gasteiger partial charge in [-0.15, -0.1) is 0 Å². The number of benzene rings is 1. The summed E-state index contributed by atoms with van der Waals surface area (Å²) in [5.74, 6) is 0.814. The van der Waals surface area contributed by atoms with E-state index < -0.39 is 0 Å². The van der Waals surface area contributed by atoms with Gasteiger partial charge in [0.2, 0.25) is 0 Å². The van der Waals surface area contributed by atoms with Crippen LogP contribution < -0.4 is 4.74 Å².